The molecule has 0 bridgehead atoms. The van der Waals surface area contributed by atoms with Gasteiger partial charge in [0.1, 0.15) is 5.82 Å². The molecule has 1 aliphatic heterocycles. The zero-order valence-electron chi connectivity index (χ0n) is 17.4. The number of guanidine groups is 1. The SMILES string of the molecule is C=CCN1CCC(NC(=NCc2ccc(F)c(CN(C)C)c2)NCC)CC1.I. The maximum Gasteiger partial charge on any atom is 0.191 e. The molecule has 0 atom stereocenters. The summed E-state index contributed by atoms with van der Waals surface area (Å²) in [7, 11) is 3.88. The first-order chi connectivity index (χ1) is 13.0. The average Bonchev–Trinajstić information content (AvgIpc) is 2.64. The second-order valence-electron chi connectivity index (χ2n) is 7.37. The van der Waals surface area contributed by atoms with Gasteiger partial charge < -0.3 is 15.5 Å². The van der Waals surface area contributed by atoms with E-state index in [9.17, 15) is 4.39 Å². The van der Waals surface area contributed by atoms with Crippen LogP contribution in [-0.4, -0.2) is 62.1 Å². The Morgan fingerprint density at radius 1 is 1.36 bits per heavy atom. The molecule has 1 aromatic carbocycles. The molecule has 2 rings (SSSR count). The number of aliphatic imine (C=N–C) groups is 1. The maximum absolute atomic E-state index is 13.9. The predicted molar refractivity (Wildman–Crippen MR) is 127 cm³/mol. The lowest BCUT2D eigenvalue weighted by Crippen LogP contribution is -2.48. The number of hydrogen-bond donors (Lipinski definition) is 2. The Bertz CT molecular complexity index is 627. The third kappa shape index (κ3) is 8.45. The molecular weight excluding hydrogens is 468 g/mol. The van der Waals surface area contributed by atoms with Crippen LogP contribution < -0.4 is 10.6 Å². The minimum Gasteiger partial charge on any atom is -0.357 e. The van der Waals surface area contributed by atoms with E-state index in [1.165, 1.54) is 0 Å². The van der Waals surface area contributed by atoms with Crippen molar-refractivity contribution in [1.29, 1.82) is 0 Å². The topological polar surface area (TPSA) is 42.9 Å². The van der Waals surface area contributed by atoms with Crippen molar-refractivity contribution in [3.8, 4) is 0 Å². The summed E-state index contributed by atoms with van der Waals surface area (Å²) >= 11 is 0. The van der Waals surface area contributed by atoms with Crippen molar-refractivity contribution in [1.82, 2.24) is 20.4 Å². The van der Waals surface area contributed by atoms with Gasteiger partial charge in [-0.2, -0.15) is 0 Å². The van der Waals surface area contributed by atoms with Crippen LogP contribution in [0.2, 0.25) is 0 Å². The number of nitrogens with one attached hydrogen (secondary N) is 2. The van der Waals surface area contributed by atoms with Gasteiger partial charge >= 0.3 is 0 Å². The van der Waals surface area contributed by atoms with Crippen LogP contribution in [0.4, 0.5) is 4.39 Å². The smallest absolute Gasteiger partial charge is 0.191 e. The van der Waals surface area contributed by atoms with Crippen LogP contribution in [0.25, 0.3) is 0 Å². The van der Waals surface area contributed by atoms with E-state index in [0.717, 1.165) is 50.5 Å². The maximum atomic E-state index is 13.9. The van der Waals surface area contributed by atoms with Gasteiger partial charge in [-0.05, 0) is 51.6 Å². The van der Waals surface area contributed by atoms with E-state index in [-0.39, 0.29) is 29.8 Å². The molecule has 0 aliphatic carbocycles. The van der Waals surface area contributed by atoms with Gasteiger partial charge in [-0.25, -0.2) is 9.38 Å². The summed E-state index contributed by atoms with van der Waals surface area (Å²) in [6, 6.07) is 5.70. The van der Waals surface area contributed by atoms with Crippen LogP contribution in [-0.2, 0) is 13.1 Å². The Hall–Kier alpha value is -1.19. The molecule has 0 unspecified atom stereocenters. The number of piperidine rings is 1. The van der Waals surface area contributed by atoms with Crippen molar-refractivity contribution in [3.05, 3.63) is 47.8 Å². The van der Waals surface area contributed by atoms with Crippen LogP contribution in [0.5, 0.6) is 0 Å². The summed E-state index contributed by atoms with van der Waals surface area (Å²) < 4.78 is 13.9. The number of benzene rings is 1. The molecule has 0 spiro atoms. The van der Waals surface area contributed by atoms with Crippen LogP contribution in [0.1, 0.15) is 30.9 Å². The Kier molecular flexibility index (Phi) is 11.6. The molecule has 0 aromatic heterocycles. The minimum absolute atomic E-state index is 0. The van der Waals surface area contributed by atoms with E-state index in [1.54, 1.807) is 6.07 Å². The molecule has 28 heavy (non-hydrogen) atoms. The fourth-order valence-corrected chi connectivity index (χ4v) is 3.31. The van der Waals surface area contributed by atoms with Gasteiger partial charge in [0.05, 0.1) is 6.54 Å². The third-order valence-corrected chi connectivity index (χ3v) is 4.68. The first-order valence-electron chi connectivity index (χ1n) is 9.82. The van der Waals surface area contributed by atoms with Crippen molar-refractivity contribution in [2.45, 2.75) is 38.9 Å². The van der Waals surface area contributed by atoms with Gasteiger partial charge in [0.2, 0.25) is 0 Å². The molecule has 7 heteroatoms. The number of hydrogen-bond acceptors (Lipinski definition) is 3. The van der Waals surface area contributed by atoms with E-state index in [1.807, 2.05) is 37.2 Å². The minimum atomic E-state index is -0.159. The molecular formula is C21H35FIN5. The van der Waals surface area contributed by atoms with Crippen molar-refractivity contribution < 1.29 is 4.39 Å². The fraction of sp³-hybridized carbons (Fsp3) is 0.571. The Labute approximate surface area is 186 Å². The Morgan fingerprint density at radius 3 is 2.68 bits per heavy atom. The number of halogens is 2. The van der Waals surface area contributed by atoms with Gasteiger partial charge in [0.15, 0.2) is 5.96 Å². The second-order valence-corrected chi connectivity index (χ2v) is 7.37. The standard InChI is InChI=1S/C21H34FN5.HI/c1-5-11-27-12-9-19(10-13-27)25-21(23-6-2)24-15-17-7-8-20(22)18(14-17)16-26(3)4;/h5,7-8,14,19H,1,6,9-13,15-16H2,2-4H3,(H2,23,24,25);1H. The van der Waals surface area contributed by atoms with Gasteiger partial charge in [-0.1, -0.05) is 12.1 Å². The van der Waals surface area contributed by atoms with Crippen LogP contribution in [0, 0.1) is 5.82 Å². The van der Waals surface area contributed by atoms with E-state index in [0.29, 0.717) is 24.7 Å². The highest BCUT2D eigenvalue weighted by Crippen LogP contribution is 2.14. The quantitative estimate of drug-likeness (QED) is 0.248. The Morgan fingerprint density at radius 2 is 2.07 bits per heavy atom. The van der Waals surface area contributed by atoms with Crippen molar-refractivity contribution >= 4 is 29.9 Å². The molecule has 2 N–H and O–H groups in total. The summed E-state index contributed by atoms with van der Waals surface area (Å²) in [6.07, 6.45) is 4.16. The molecule has 0 amide bonds. The molecule has 1 heterocycles. The fourth-order valence-electron chi connectivity index (χ4n) is 3.31. The van der Waals surface area contributed by atoms with Gasteiger partial charge in [0, 0.05) is 44.3 Å². The number of nitrogens with zero attached hydrogens (tertiary/aromatic N) is 3. The monoisotopic (exact) mass is 503 g/mol. The largest absolute Gasteiger partial charge is 0.357 e. The lowest BCUT2D eigenvalue weighted by molar-refractivity contribution is 0.225. The van der Waals surface area contributed by atoms with Gasteiger partial charge in [0.25, 0.3) is 0 Å². The second kappa shape index (κ2) is 13.1. The van der Waals surface area contributed by atoms with Crippen molar-refractivity contribution in [3.63, 3.8) is 0 Å². The lowest BCUT2D eigenvalue weighted by atomic mass is 10.1. The highest BCUT2D eigenvalue weighted by atomic mass is 127. The summed E-state index contributed by atoms with van der Waals surface area (Å²) in [5.41, 5.74) is 1.73. The molecule has 1 saturated heterocycles. The van der Waals surface area contributed by atoms with E-state index < -0.39 is 0 Å². The summed E-state index contributed by atoms with van der Waals surface area (Å²) in [5.74, 6) is 0.672. The molecule has 1 fully saturated rings. The number of rotatable bonds is 8. The number of likely N-dealkylation sites (tertiary alicyclic amines) is 1. The highest BCUT2D eigenvalue weighted by Gasteiger charge is 2.19. The van der Waals surface area contributed by atoms with Crippen LogP contribution in [0.15, 0.2) is 35.8 Å². The van der Waals surface area contributed by atoms with Crippen molar-refractivity contribution in [2.24, 2.45) is 4.99 Å². The van der Waals surface area contributed by atoms with E-state index in [4.69, 9.17) is 4.99 Å². The third-order valence-electron chi connectivity index (χ3n) is 4.68. The molecule has 0 saturated carbocycles. The molecule has 5 nitrogen and oxygen atoms in total. The summed E-state index contributed by atoms with van der Waals surface area (Å²) in [5, 5.41) is 6.87. The lowest BCUT2D eigenvalue weighted by Gasteiger charge is -2.32. The van der Waals surface area contributed by atoms with Crippen LogP contribution in [0.3, 0.4) is 0 Å². The molecule has 0 radical (unpaired) electrons. The normalized spacial score (nSPS) is 16.0. The zero-order chi connectivity index (χ0) is 19.6. The highest BCUT2D eigenvalue weighted by molar-refractivity contribution is 14.0. The van der Waals surface area contributed by atoms with E-state index >= 15 is 0 Å². The Balaban J connectivity index is 0.00000392. The van der Waals surface area contributed by atoms with Gasteiger partial charge in [-0.3, -0.25) is 4.90 Å². The molecule has 1 aliphatic rings. The van der Waals surface area contributed by atoms with Crippen LogP contribution >= 0.6 is 24.0 Å². The first kappa shape index (κ1) is 24.8. The average molecular weight is 503 g/mol. The first-order valence-corrected chi connectivity index (χ1v) is 9.82. The predicted octanol–water partition coefficient (Wildman–Crippen LogP) is 3.21. The summed E-state index contributed by atoms with van der Waals surface area (Å²) in [6.45, 7) is 10.9. The zero-order valence-corrected chi connectivity index (χ0v) is 19.7. The van der Waals surface area contributed by atoms with Crippen molar-refractivity contribution in [2.75, 3.05) is 40.3 Å². The molecule has 1 aromatic rings. The summed E-state index contributed by atoms with van der Waals surface area (Å²) in [4.78, 5) is 9.10. The molecule has 158 valence electrons. The van der Waals surface area contributed by atoms with E-state index in [2.05, 4.69) is 29.0 Å². The van der Waals surface area contributed by atoms with Gasteiger partial charge in [-0.15, -0.1) is 30.6 Å².